The summed E-state index contributed by atoms with van der Waals surface area (Å²) in [5.41, 5.74) is 1.28. The van der Waals surface area contributed by atoms with Crippen molar-refractivity contribution >= 4 is 17.2 Å². The number of amides is 1. The Labute approximate surface area is 125 Å². The lowest BCUT2D eigenvalue weighted by molar-refractivity contribution is -0.124. The van der Waals surface area contributed by atoms with Crippen LogP contribution < -0.4 is 10.6 Å². The van der Waals surface area contributed by atoms with Crippen LogP contribution in [0, 0.1) is 5.92 Å². The van der Waals surface area contributed by atoms with Crippen LogP contribution >= 0.6 is 11.3 Å². The van der Waals surface area contributed by atoms with Crippen molar-refractivity contribution in [2.24, 2.45) is 5.92 Å². The molecule has 1 saturated heterocycles. The first kappa shape index (κ1) is 14.1. The van der Waals surface area contributed by atoms with Crippen LogP contribution in [0.3, 0.4) is 0 Å². The van der Waals surface area contributed by atoms with E-state index < -0.39 is 0 Å². The van der Waals surface area contributed by atoms with E-state index in [9.17, 15) is 4.79 Å². The molecule has 0 spiro atoms. The molecule has 4 atom stereocenters. The first-order valence-corrected chi connectivity index (χ1v) is 8.65. The molecule has 0 saturated carbocycles. The van der Waals surface area contributed by atoms with E-state index in [0.29, 0.717) is 12.0 Å². The molecule has 1 aromatic rings. The molecule has 0 bridgehead atoms. The van der Waals surface area contributed by atoms with Gasteiger partial charge < -0.3 is 10.6 Å². The van der Waals surface area contributed by atoms with E-state index in [1.165, 1.54) is 10.4 Å². The summed E-state index contributed by atoms with van der Waals surface area (Å²) in [6.45, 7) is 5.49. The van der Waals surface area contributed by atoms with Crippen LogP contribution in [-0.4, -0.2) is 24.5 Å². The van der Waals surface area contributed by atoms with Crippen molar-refractivity contribution in [3.8, 4) is 0 Å². The van der Waals surface area contributed by atoms with Gasteiger partial charge in [0.1, 0.15) is 0 Å². The molecule has 2 heterocycles. The van der Waals surface area contributed by atoms with Gasteiger partial charge in [-0.2, -0.15) is 0 Å². The fourth-order valence-corrected chi connectivity index (χ4v) is 4.62. The molecule has 0 aromatic carbocycles. The van der Waals surface area contributed by atoms with Crippen molar-refractivity contribution in [2.45, 2.75) is 57.5 Å². The van der Waals surface area contributed by atoms with Gasteiger partial charge in [-0.3, -0.25) is 4.79 Å². The molecule has 3 nitrogen and oxygen atoms in total. The lowest BCUT2D eigenvalue weighted by Crippen LogP contribution is -2.56. The van der Waals surface area contributed by atoms with E-state index in [1.807, 2.05) is 0 Å². The number of carbonyl (C=O) groups is 1. The highest BCUT2D eigenvalue weighted by Crippen LogP contribution is 2.35. The van der Waals surface area contributed by atoms with Gasteiger partial charge in [-0.05, 0) is 62.1 Å². The standard InChI is InChI=1S/C16H24N2OS/c1-10-6-8-17-11(2)15(10)18-16(19)13-4-3-5-14-12(13)7-9-20-14/h7,9-11,13,15,17H,3-6,8H2,1-2H3,(H,18,19). The van der Waals surface area contributed by atoms with Gasteiger partial charge in [0.15, 0.2) is 0 Å². The Morgan fingerprint density at radius 3 is 3.05 bits per heavy atom. The van der Waals surface area contributed by atoms with Crippen LogP contribution in [0.15, 0.2) is 11.4 Å². The normalized spacial score (nSPS) is 33.5. The van der Waals surface area contributed by atoms with Gasteiger partial charge in [-0.1, -0.05) is 6.92 Å². The van der Waals surface area contributed by atoms with E-state index in [2.05, 4.69) is 35.9 Å². The molecular formula is C16H24N2OS. The average molecular weight is 292 g/mol. The van der Waals surface area contributed by atoms with Crippen molar-refractivity contribution in [2.75, 3.05) is 6.54 Å². The Kier molecular flexibility index (Phi) is 4.13. The third kappa shape index (κ3) is 2.63. The van der Waals surface area contributed by atoms with Gasteiger partial charge in [0, 0.05) is 17.0 Å². The summed E-state index contributed by atoms with van der Waals surface area (Å²) in [4.78, 5) is 14.1. The molecule has 0 radical (unpaired) electrons. The van der Waals surface area contributed by atoms with Crippen LogP contribution in [0.25, 0.3) is 0 Å². The number of hydrogen-bond acceptors (Lipinski definition) is 3. The molecule has 110 valence electrons. The van der Waals surface area contributed by atoms with Gasteiger partial charge in [-0.25, -0.2) is 0 Å². The Morgan fingerprint density at radius 1 is 1.40 bits per heavy atom. The average Bonchev–Trinajstić information content (AvgIpc) is 2.91. The summed E-state index contributed by atoms with van der Waals surface area (Å²) in [5, 5.41) is 8.92. The molecule has 20 heavy (non-hydrogen) atoms. The molecular weight excluding hydrogens is 268 g/mol. The zero-order valence-electron chi connectivity index (χ0n) is 12.3. The zero-order valence-corrected chi connectivity index (χ0v) is 13.1. The second-order valence-corrected chi connectivity index (χ2v) is 7.29. The van der Waals surface area contributed by atoms with E-state index in [0.717, 1.165) is 32.2 Å². The number of nitrogens with one attached hydrogen (secondary N) is 2. The summed E-state index contributed by atoms with van der Waals surface area (Å²) in [7, 11) is 0. The van der Waals surface area contributed by atoms with Crippen molar-refractivity contribution in [3.63, 3.8) is 0 Å². The summed E-state index contributed by atoms with van der Waals surface area (Å²) in [6, 6.07) is 2.78. The smallest absolute Gasteiger partial charge is 0.227 e. The Bertz CT molecular complexity index is 475. The monoisotopic (exact) mass is 292 g/mol. The van der Waals surface area contributed by atoms with Gasteiger partial charge in [0.05, 0.1) is 5.92 Å². The number of aryl methyl sites for hydroxylation is 1. The van der Waals surface area contributed by atoms with E-state index >= 15 is 0 Å². The summed E-state index contributed by atoms with van der Waals surface area (Å²) in [5.74, 6) is 0.865. The van der Waals surface area contributed by atoms with Crippen molar-refractivity contribution in [3.05, 3.63) is 21.9 Å². The number of rotatable bonds is 2. The first-order valence-electron chi connectivity index (χ1n) is 7.77. The number of fused-ring (bicyclic) bond motifs is 1. The van der Waals surface area contributed by atoms with Crippen molar-refractivity contribution < 1.29 is 4.79 Å². The molecule has 1 amide bonds. The highest BCUT2D eigenvalue weighted by molar-refractivity contribution is 7.10. The maximum Gasteiger partial charge on any atom is 0.227 e. The van der Waals surface area contributed by atoms with Crippen molar-refractivity contribution in [1.82, 2.24) is 10.6 Å². The second kappa shape index (κ2) is 5.86. The van der Waals surface area contributed by atoms with Crippen LogP contribution in [0.5, 0.6) is 0 Å². The largest absolute Gasteiger partial charge is 0.351 e. The predicted octanol–water partition coefficient (Wildman–Crippen LogP) is 2.67. The quantitative estimate of drug-likeness (QED) is 0.880. The second-order valence-electron chi connectivity index (χ2n) is 6.29. The Morgan fingerprint density at radius 2 is 2.25 bits per heavy atom. The van der Waals surface area contributed by atoms with Gasteiger partial charge in [-0.15, -0.1) is 11.3 Å². The summed E-state index contributed by atoms with van der Waals surface area (Å²) >= 11 is 1.80. The van der Waals surface area contributed by atoms with Gasteiger partial charge in [0.25, 0.3) is 0 Å². The fourth-order valence-electron chi connectivity index (χ4n) is 3.63. The summed E-state index contributed by atoms with van der Waals surface area (Å²) in [6.07, 6.45) is 4.43. The predicted molar refractivity (Wildman–Crippen MR) is 83.2 cm³/mol. The van der Waals surface area contributed by atoms with Crippen LogP contribution in [0.2, 0.25) is 0 Å². The zero-order chi connectivity index (χ0) is 14.1. The first-order chi connectivity index (χ1) is 9.66. The van der Waals surface area contributed by atoms with Crippen LogP contribution in [-0.2, 0) is 11.2 Å². The Balaban J connectivity index is 1.71. The molecule has 3 rings (SSSR count). The number of hydrogen-bond donors (Lipinski definition) is 2. The van der Waals surface area contributed by atoms with Crippen LogP contribution in [0.4, 0.5) is 0 Å². The maximum absolute atomic E-state index is 12.7. The topological polar surface area (TPSA) is 41.1 Å². The fraction of sp³-hybridized carbons (Fsp3) is 0.688. The molecule has 4 unspecified atom stereocenters. The molecule has 4 heteroatoms. The third-order valence-corrected chi connectivity index (χ3v) is 5.89. The van der Waals surface area contributed by atoms with E-state index in [4.69, 9.17) is 0 Å². The van der Waals surface area contributed by atoms with E-state index in [-0.39, 0.29) is 17.9 Å². The Hall–Kier alpha value is -0.870. The molecule has 2 N–H and O–H groups in total. The number of carbonyl (C=O) groups excluding carboxylic acids is 1. The SMILES string of the molecule is CC1CCNC(C)C1NC(=O)C1CCCc2sccc21. The minimum Gasteiger partial charge on any atom is -0.351 e. The minimum absolute atomic E-state index is 0.0753. The summed E-state index contributed by atoms with van der Waals surface area (Å²) < 4.78 is 0. The van der Waals surface area contributed by atoms with Gasteiger partial charge >= 0.3 is 0 Å². The van der Waals surface area contributed by atoms with Crippen LogP contribution in [0.1, 0.15) is 49.5 Å². The number of thiophene rings is 1. The lowest BCUT2D eigenvalue weighted by atomic mass is 9.85. The molecule has 1 aliphatic carbocycles. The molecule has 1 aromatic heterocycles. The maximum atomic E-state index is 12.7. The highest BCUT2D eigenvalue weighted by atomic mass is 32.1. The van der Waals surface area contributed by atoms with E-state index in [1.54, 1.807) is 11.3 Å². The van der Waals surface area contributed by atoms with Gasteiger partial charge in [0.2, 0.25) is 5.91 Å². The molecule has 1 aliphatic heterocycles. The molecule has 2 aliphatic rings. The van der Waals surface area contributed by atoms with Crippen molar-refractivity contribution in [1.29, 1.82) is 0 Å². The minimum atomic E-state index is 0.0753. The molecule has 1 fully saturated rings. The number of piperidine rings is 1. The highest BCUT2D eigenvalue weighted by Gasteiger charge is 2.33. The lowest BCUT2D eigenvalue weighted by Gasteiger charge is -2.37. The third-order valence-electron chi connectivity index (χ3n) is 4.90.